The predicted molar refractivity (Wildman–Crippen MR) is 226 cm³/mol. The number of hydrogen-bond donors (Lipinski definition) is 0. The van der Waals surface area contributed by atoms with Crippen LogP contribution in [0.15, 0.2) is 168 Å². The van der Waals surface area contributed by atoms with Crippen molar-refractivity contribution in [3.8, 4) is 29.2 Å². The second kappa shape index (κ2) is 11.2. The Bertz CT molecular complexity index is 3640. The highest BCUT2D eigenvalue weighted by atomic mass is 16.3. The van der Waals surface area contributed by atoms with Gasteiger partial charge in [0.1, 0.15) is 17.2 Å². The zero-order valence-electron chi connectivity index (χ0n) is 29.7. The smallest absolute Gasteiger partial charge is 0.145 e. The van der Waals surface area contributed by atoms with Gasteiger partial charge >= 0.3 is 0 Å². The second-order valence-electron chi connectivity index (χ2n) is 14.3. The van der Waals surface area contributed by atoms with Gasteiger partial charge < -0.3 is 18.1 Å². The number of nitriles is 2. The summed E-state index contributed by atoms with van der Waals surface area (Å²) in [5.74, 6) is 0. The van der Waals surface area contributed by atoms with Crippen LogP contribution in [0.3, 0.4) is 0 Å². The lowest BCUT2D eigenvalue weighted by Crippen LogP contribution is -2.07. The summed E-state index contributed by atoms with van der Waals surface area (Å²) >= 11 is 0. The number of aromatic nitrogens is 3. The first kappa shape index (κ1) is 30.4. The fourth-order valence-electron chi connectivity index (χ4n) is 9.21. The maximum absolute atomic E-state index is 10.9. The van der Waals surface area contributed by atoms with Gasteiger partial charge in [0.15, 0.2) is 0 Å². The lowest BCUT2D eigenvalue weighted by Gasteiger charge is -2.18. The Hall–Kier alpha value is -8.06. The quantitative estimate of drug-likeness (QED) is 0.183. The van der Waals surface area contributed by atoms with Crippen LogP contribution in [0.1, 0.15) is 11.1 Å². The molecule has 0 radical (unpaired) electrons. The number of benzene rings is 8. The minimum Gasteiger partial charge on any atom is -0.455 e. The van der Waals surface area contributed by atoms with Gasteiger partial charge in [-0.25, -0.2) is 0 Å². The van der Waals surface area contributed by atoms with Gasteiger partial charge in [-0.1, -0.05) is 91.0 Å². The third-order valence-electron chi connectivity index (χ3n) is 11.5. The van der Waals surface area contributed by atoms with Crippen LogP contribution in [-0.2, 0) is 0 Å². The van der Waals surface area contributed by atoms with Crippen LogP contribution in [0.25, 0.3) is 104 Å². The van der Waals surface area contributed by atoms with Crippen LogP contribution in [-0.4, -0.2) is 13.7 Å². The van der Waals surface area contributed by atoms with Crippen molar-refractivity contribution in [3.05, 3.63) is 175 Å². The first-order chi connectivity index (χ1) is 27.7. The van der Waals surface area contributed by atoms with E-state index in [2.05, 4.69) is 135 Å². The highest BCUT2D eigenvalue weighted by Gasteiger charge is 2.25. The Morgan fingerprint density at radius 2 is 0.946 bits per heavy atom. The molecule has 6 nitrogen and oxygen atoms in total. The van der Waals surface area contributed by atoms with E-state index >= 15 is 0 Å². The molecule has 0 bridgehead atoms. The molecule has 0 saturated heterocycles. The van der Waals surface area contributed by atoms with Crippen molar-refractivity contribution in [2.24, 2.45) is 0 Å². The van der Waals surface area contributed by atoms with E-state index in [4.69, 9.17) is 4.42 Å². The monoisotopic (exact) mass is 713 g/mol. The summed E-state index contributed by atoms with van der Waals surface area (Å²) in [6.07, 6.45) is 0. The average molecular weight is 714 g/mol. The van der Waals surface area contributed by atoms with Crippen LogP contribution in [0.4, 0.5) is 0 Å². The van der Waals surface area contributed by atoms with E-state index in [1.807, 2.05) is 48.5 Å². The van der Waals surface area contributed by atoms with Gasteiger partial charge in [-0.3, -0.25) is 0 Å². The standard InChI is InChI=1S/C50H27N5O/c51-28-30-25-31(29-52)49(55-42-18-8-3-13-35(42)36-14-4-9-19-43(36)55)46(26-30)54-44-23-21-32(53-40-16-6-1-11-33(40)34-12-2-7-17-41(34)53)27-39(44)48-45(54)24-22-38-37-15-5-10-20-47(37)56-50(38)48/h1-27H. The van der Waals surface area contributed by atoms with Crippen molar-refractivity contribution in [2.45, 2.75) is 0 Å². The zero-order chi connectivity index (χ0) is 37.1. The molecule has 0 aliphatic rings. The lowest BCUT2D eigenvalue weighted by atomic mass is 10.1. The van der Waals surface area contributed by atoms with Crippen LogP contribution in [0, 0.1) is 22.7 Å². The molecule has 0 saturated carbocycles. The largest absolute Gasteiger partial charge is 0.455 e. The number of rotatable bonds is 3. The molecule has 0 unspecified atom stereocenters. The fourth-order valence-corrected chi connectivity index (χ4v) is 9.21. The van der Waals surface area contributed by atoms with Crippen molar-refractivity contribution in [1.29, 1.82) is 10.5 Å². The van der Waals surface area contributed by atoms with Gasteiger partial charge in [0.05, 0.1) is 67.1 Å². The molecule has 0 amide bonds. The molecule has 4 heterocycles. The summed E-state index contributed by atoms with van der Waals surface area (Å²) in [6, 6.07) is 61.2. The van der Waals surface area contributed by atoms with Crippen LogP contribution in [0.5, 0.6) is 0 Å². The summed E-state index contributed by atoms with van der Waals surface area (Å²) in [5.41, 5.74) is 10.9. The van der Waals surface area contributed by atoms with Crippen LogP contribution in [0.2, 0.25) is 0 Å². The SMILES string of the molecule is N#Cc1cc(C#N)c(-n2c3ccccc3c3ccccc32)c(-n2c3ccc(-n4c5ccccc5c5ccccc54)cc3c3c4oc5ccccc5c4ccc32)c1. The van der Waals surface area contributed by atoms with E-state index in [1.165, 1.54) is 10.8 Å². The molecule has 6 heteroatoms. The maximum atomic E-state index is 10.9. The fraction of sp³-hybridized carbons (Fsp3) is 0. The summed E-state index contributed by atoms with van der Waals surface area (Å²) in [7, 11) is 0. The first-order valence-corrected chi connectivity index (χ1v) is 18.6. The van der Waals surface area contributed by atoms with Crippen LogP contribution < -0.4 is 0 Å². The van der Waals surface area contributed by atoms with Gasteiger partial charge in [0.25, 0.3) is 0 Å². The maximum Gasteiger partial charge on any atom is 0.145 e. The number of fused-ring (bicyclic) bond motifs is 13. The topological polar surface area (TPSA) is 75.5 Å². The molecule has 56 heavy (non-hydrogen) atoms. The van der Waals surface area contributed by atoms with Crippen molar-refractivity contribution in [3.63, 3.8) is 0 Å². The van der Waals surface area contributed by atoms with Gasteiger partial charge in [0, 0.05) is 43.4 Å². The van der Waals surface area contributed by atoms with Gasteiger partial charge in [0.2, 0.25) is 0 Å². The number of furan rings is 1. The number of nitrogens with zero attached hydrogens (tertiary/aromatic N) is 5. The van der Waals surface area contributed by atoms with Crippen molar-refractivity contribution < 1.29 is 4.42 Å². The molecule has 12 rings (SSSR count). The molecule has 4 aromatic heterocycles. The van der Waals surface area contributed by atoms with Gasteiger partial charge in [-0.15, -0.1) is 0 Å². The average Bonchev–Trinajstić information content (AvgIpc) is 3.99. The first-order valence-electron chi connectivity index (χ1n) is 18.6. The molecule has 12 aromatic rings. The third kappa shape index (κ3) is 3.97. The molecular weight excluding hydrogens is 687 g/mol. The predicted octanol–water partition coefficient (Wildman–Crippen LogP) is 12.6. The second-order valence-corrected chi connectivity index (χ2v) is 14.3. The van der Waals surface area contributed by atoms with E-state index in [0.29, 0.717) is 16.8 Å². The highest BCUT2D eigenvalue weighted by molar-refractivity contribution is 6.24. The molecule has 0 aliphatic carbocycles. The molecule has 0 spiro atoms. The molecule has 8 aromatic carbocycles. The summed E-state index contributed by atoms with van der Waals surface area (Å²) < 4.78 is 13.5. The Morgan fingerprint density at radius 3 is 1.55 bits per heavy atom. The molecule has 258 valence electrons. The minimum absolute atomic E-state index is 0.405. The number of para-hydroxylation sites is 5. The Morgan fingerprint density at radius 1 is 0.411 bits per heavy atom. The van der Waals surface area contributed by atoms with Crippen molar-refractivity contribution >= 4 is 87.4 Å². The van der Waals surface area contributed by atoms with E-state index in [9.17, 15) is 10.5 Å². The Kier molecular flexibility index (Phi) is 6.10. The van der Waals surface area contributed by atoms with Crippen molar-refractivity contribution in [1.82, 2.24) is 13.7 Å². The summed E-state index contributed by atoms with van der Waals surface area (Å²) in [5, 5.41) is 29.9. The van der Waals surface area contributed by atoms with E-state index in [0.717, 1.165) is 88.0 Å². The Balaban J connectivity index is 1.27. The zero-order valence-corrected chi connectivity index (χ0v) is 29.7. The highest BCUT2D eigenvalue weighted by Crippen LogP contribution is 2.44. The number of hydrogen-bond acceptors (Lipinski definition) is 3. The molecule has 0 atom stereocenters. The minimum atomic E-state index is 0.405. The molecular formula is C50H27N5O. The van der Waals surface area contributed by atoms with Crippen molar-refractivity contribution in [2.75, 3.05) is 0 Å². The van der Waals surface area contributed by atoms with Gasteiger partial charge in [-0.05, 0) is 72.8 Å². The summed E-state index contributed by atoms with van der Waals surface area (Å²) in [4.78, 5) is 0. The lowest BCUT2D eigenvalue weighted by molar-refractivity contribution is 0.673. The third-order valence-corrected chi connectivity index (χ3v) is 11.5. The van der Waals surface area contributed by atoms with E-state index in [1.54, 1.807) is 6.07 Å². The summed E-state index contributed by atoms with van der Waals surface area (Å²) in [6.45, 7) is 0. The normalized spacial score (nSPS) is 11.9. The Labute approximate surface area is 319 Å². The van der Waals surface area contributed by atoms with E-state index in [-0.39, 0.29) is 0 Å². The van der Waals surface area contributed by atoms with Gasteiger partial charge in [-0.2, -0.15) is 10.5 Å². The van der Waals surface area contributed by atoms with Crippen LogP contribution >= 0.6 is 0 Å². The van der Waals surface area contributed by atoms with E-state index < -0.39 is 0 Å². The molecule has 0 aliphatic heterocycles. The molecule has 0 fully saturated rings. The molecule has 0 N–H and O–H groups in total.